The molecule has 0 bridgehead atoms. The van der Waals surface area contributed by atoms with Crippen LogP contribution in [0.15, 0.2) is 28.7 Å². The number of benzene rings is 1. The molecule has 0 saturated carbocycles. The number of likely N-dealkylation sites (tertiary alicyclic amines) is 1. The lowest BCUT2D eigenvalue weighted by Crippen LogP contribution is -2.49. The number of hydrogen-bond acceptors (Lipinski definition) is 4. The molecular weight excluding hydrogens is 438 g/mol. The second-order valence-electron chi connectivity index (χ2n) is 7.89. The maximum absolute atomic E-state index is 12.2. The molecule has 0 radical (unpaired) electrons. The van der Waals surface area contributed by atoms with Crippen molar-refractivity contribution in [2.45, 2.75) is 39.7 Å². The van der Waals surface area contributed by atoms with Gasteiger partial charge in [-0.1, -0.05) is 42.8 Å². The zero-order valence-electron chi connectivity index (χ0n) is 17.0. The molecule has 1 unspecified atom stereocenters. The van der Waals surface area contributed by atoms with Crippen molar-refractivity contribution in [1.82, 2.24) is 10.2 Å². The fourth-order valence-electron chi connectivity index (χ4n) is 3.42. The minimum absolute atomic E-state index is 0.00344. The van der Waals surface area contributed by atoms with E-state index in [1.807, 2.05) is 24.3 Å². The lowest BCUT2D eigenvalue weighted by molar-refractivity contribution is -0.118. The van der Waals surface area contributed by atoms with Gasteiger partial charge in [0.1, 0.15) is 0 Å². The number of nitrogens with one attached hydrogen (secondary N) is 2. The van der Waals surface area contributed by atoms with Crippen molar-refractivity contribution in [3.63, 3.8) is 0 Å². The van der Waals surface area contributed by atoms with E-state index in [4.69, 9.17) is 0 Å². The van der Waals surface area contributed by atoms with Crippen LogP contribution < -0.4 is 10.6 Å². The maximum atomic E-state index is 12.2. The van der Waals surface area contributed by atoms with Gasteiger partial charge in [-0.2, -0.15) is 0 Å². The standard InChI is InChI=1S/C21H32BrN3O2S/c1-15(2)19(25-9-7-16(3)8-10-25)12-23-20(26)13-28-14-21(27)24-18-6-4-5-17(22)11-18/h4-6,11,15-16,19H,7-10,12-14H2,1-3H3,(H,23,26)(H,24,27). The van der Waals surface area contributed by atoms with Gasteiger partial charge in [0.15, 0.2) is 0 Å². The Morgan fingerprint density at radius 2 is 1.89 bits per heavy atom. The summed E-state index contributed by atoms with van der Waals surface area (Å²) in [6, 6.07) is 7.84. The van der Waals surface area contributed by atoms with Gasteiger partial charge in [-0.15, -0.1) is 11.8 Å². The van der Waals surface area contributed by atoms with Gasteiger partial charge in [0.2, 0.25) is 11.8 Å². The van der Waals surface area contributed by atoms with Crippen molar-refractivity contribution in [2.75, 3.05) is 36.5 Å². The highest BCUT2D eigenvalue weighted by atomic mass is 79.9. The number of hydrogen-bond donors (Lipinski definition) is 2. The number of amides is 2. The SMILES string of the molecule is CC1CCN(C(CNC(=O)CSCC(=O)Nc2cccc(Br)c2)C(C)C)CC1. The summed E-state index contributed by atoms with van der Waals surface area (Å²) < 4.78 is 0.917. The predicted octanol–water partition coefficient (Wildman–Crippen LogP) is 3.99. The van der Waals surface area contributed by atoms with Crippen molar-refractivity contribution in [2.24, 2.45) is 11.8 Å². The number of anilines is 1. The fraction of sp³-hybridized carbons (Fsp3) is 0.619. The molecule has 1 fully saturated rings. The average Bonchev–Trinajstić information content (AvgIpc) is 2.63. The van der Waals surface area contributed by atoms with Crippen LogP contribution in [0.25, 0.3) is 0 Å². The van der Waals surface area contributed by atoms with E-state index in [1.54, 1.807) is 0 Å². The van der Waals surface area contributed by atoms with Gasteiger partial charge in [-0.25, -0.2) is 0 Å². The van der Waals surface area contributed by atoms with Crippen LogP contribution in [0.2, 0.25) is 0 Å². The lowest BCUT2D eigenvalue weighted by Gasteiger charge is -2.38. The van der Waals surface area contributed by atoms with Crippen LogP contribution >= 0.6 is 27.7 Å². The van der Waals surface area contributed by atoms with Crippen LogP contribution in [0.4, 0.5) is 5.69 Å². The van der Waals surface area contributed by atoms with E-state index in [9.17, 15) is 9.59 Å². The van der Waals surface area contributed by atoms with Gasteiger partial charge in [0.05, 0.1) is 11.5 Å². The van der Waals surface area contributed by atoms with Gasteiger partial charge in [-0.05, 0) is 56.0 Å². The van der Waals surface area contributed by atoms with Crippen molar-refractivity contribution >= 4 is 45.2 Å². The van der Waals surface area contributed by atoms with Crippen LogP contribution in [0.5, 0.6) is 0 Å². The molecule has 28 heavy (non-hydrogen) atoms. The van der Waals surface area contributed by atoms with Crippen LogP contribution in [0, 0.1) is 11.8 Å². The highest BCUT2D eigenvalue weighted by Crippen LogP contribution is 2.21. The largest absolute Gasteiger partial charge is 0.354 e. The van der Waals surface area contributed by atoms with E-state index >= 15 is 0 Å². The van der Waals surface area contributed by atoms with Gasteiger partial charge < -0.3 is 10.6 Å². The van der Waals surface area contributed by atoms with E-state index in [-0.39, 0.29) is 17.6 Å². The normalized spacial score (nSPS) is 16.8. The first-order chi connectivity index (χ1) is 13.3. The number of carbonyl (C=O) groups excluding carboxylic acids is 2. The molecule has 2 amide bonds. The number of nitrogens with zero attached hydrogens (tertiary/aromatic N) is 1. The molecule has 1 atom stereocenters. The monoisotopic (exact) mass is 469 g/mol. The van der Waals surface area contributed by atoms with Gasteiger partial charge in [-0.3, -0.25) is 14.5 Å². The molecule has 7 heteroatoms. The molecule has 0 spiro atoms. The van der Waals surface area contributed by atoms with Crippen molar-refractivity contribution < 1.29 is 9.59 Å². The maximum Gasteiger partial charge on any atom is 0.234 e. The summed E-state index contributed by atoms with van der Waals surface area (Å²) in [5, 5.41) is 5.90. The van der Waals surface area contributed by atoms with Gasteiger partial charge in [0, 0.05) is 22.7 Å². The molecular formula is C21H32BrN3O2S. The Labute approximate surface area is 181 Å². The summed E-state index contributed by atoms with van der Waals surface area (Å²) in [5.41, 5.74) is 0.750. The minimum Gasteiger partial charge on any atom is -0.354 e. The number of piperidine rings is 1. The molecule has 0 aliphatic carbocycles. The quantitative estimate of drug-likeness (QED) is 0.573. The summed E-state index contributed by atoms with van der Waals surface area (Å²) in [4.78, 5) is 26.7. The van der Waals surface area contributed by atoms with E-state index in [2.05, 4.69) is 52.2 Å². The molecule has 156 valence electrons. The van der Waals surface area contributed by atoms with Gasteiger partial charge in [0.25, 0.3) is 0 Å². The van der Waals surface area contributed by atoms with E-state index in [1.165, 1.54) is 24.6 Å². The molecule has 2 N–H and O–H groups in total. The first-order valence-corrected chi connectivity index (χ1v) is 11.9. The number of carbonyl (C=O) groups is 2. The molecule has 1 aliphatic rings. The third-order valence-electron chi connectivity index (χ3n) is 5.14. The molecule has 0 aromatic heterocycles. The molecule has 1 aliphatic heterocycles. The topological polar surface area (TPSA) is 61.4 Å². The molecule has 1 aromatic rings. The Bertz CT molecular complexity index is 648. The summed E-state index contributed by atoms with van der Waals surface area (Å²) >= 11 is 4.72. The lowest BCUT2D eigenvalue weighted by atomic mass is 9.94. The predicted molar refractivity (Wildman–Crippen MR) is 122 cm³/mol. The number of halogens is 1. The highest BCUT2D eigenvalue weighted by molar-refractivity contribution is 9.10. The van der Waals surface area contributed by atoms with E-state index < -0.39 is 0 Å². The number of rotatable bonds is 9. The molecule has 5 nitrogen and oxygen atoms in total. The first-order valence-electron chi connectivity index (χ1n) is 9.99. The van der Waals surface area contributed by atoms with Gasteiger partial charge >= 0.3 is 0 Å². The third kappa shape index (κ3) is 8.13. The Kier molecular flexibility index (Phi) is 9.82. The third-order valence-corrected chi connectivity index (χ3v) is 6.57. The van der Waals surface area contributed by atoms with Crippen molar-refractivity contribution in [1.29, 1.82) is 0 Å². The van der Waals surface area contributed by atoms with E-state index in [0.29, 0.717) is 24.3 Å². The smallest absolute Gasteiger partial charge is 0.234 e. The Balaban J connectivity index is 1.67. The summed E-state index contributed by atoms with van der Waals surface area (Å²) in [5.74, 6) is 1.76. The van der Waals surface area contributed by atoms with Crippen LogP contribution in [-0.2, 0) is 9.59 Å². The average molecular weight is 470 g/mol. The summed E-state index contributed by atoms with van der Waals surface area (Å²) in [7, 11) is 0. The number of thioether (sulfide) groups is 1. The summed E-state index contributed by atoms with van der Waals surface area (Å²) in [6.07, 6.45) is 2.47. The van der Waals surface area contributed by atoms with Crippen molar-refractivity contribution in [3.05, 3.63) is 28.7 Å². The Hall–Kier alpha value is -1.05. The second-order valence-corrected chi connectivity index (χ2v) is 9.79. The zero-order chi connectivity index (χ0) is 20.5. The minimum atomic E-state index is -0.0987. The first kappa shape index (κ1) is 23.2. The Morgan fingerprint density at radius 3 is 2.54 bits per heavy atom. The molecule has 1 heterocycles. The fourth-order valence-corrected chi connectivity index (χ4v) is 4.46. The Morgan fingerprint density at radius 1 is 1.21 bits per heavy atom. The van der Waals surface area contributed by atoms with E-state index in [0.717, 1.165) is 29.2 Å². The second kappa shape index (κ2) is 11.8. The van der Waals surface area contributed by atoms with Crippen LogP contribution in [-0.4, -0.2) is 53.9 Å². The molecule has 2 rings (SSSR count). The molecule has 1 saturated heterocycles. The van der Waals surface area contributed by atoms with Crippen molar-refractivity contribution in [3.8, 4) is 0 Å². The van der Waals surface area contributed by atoms with Crippen LogP contribution in [0.1, 0.15) is 33.6 Å². The molecule has 1 aromatic carbocycles. The highest BCUT2D eigenvalue weighted by Gasteiger charge is 2.25. The zero-order valence-corrected chi connectivity index (χ0v) is 19.4. The summed E-state index contributed by atoms with van der Waals surface area (Å²) in [6.45, 7) is 9.66. The van der Waals surface area contributed by atoms with Crippen LogP contribution in [0.3, 0.4) is 0 Å².